The van der Waals surface area contributed by atoms with Gasteiger partial charge in [-0.15, -0.1) is 0 Å². The maximum atomic E-state index is 5.86. The van der Waals surface area contributed by atoms with Crippen molar-refractivity contribution in [2.45, 2.75) is 12.5 Å². The van der Waals surface area contributed by atoms with Crippen LogP contribution in [0.2, 0.25) is 0 Å². The second-order valence-corrected chi connectivity index (χ2v) is 5.08. The number of nitrogens with zero attached hydrogens (tertiary/aromatic N) is 2. The molecule has 22 heavy (non-hydrogen) atoms. The molecule has 0 saturated heterocycles. The van der Waals surface area contributed by atoms with Crippen LogP contribution >= 0.6 is 0 Å². The topological polar surface area (TPSA) is 57.4 Å². The molecule has 4 rings (SSSR count). The minimum absolute atomic E-state index is 0.365. The van der Waals surface area contributed by atoms with Gasteiger partial charge < -0.3 is 14.0 Å². The molecule has 3 aromatic rings. The van der Waals surface area contributed by atoms with E-state index < -0.39 is 0 Å². The van der Waals surface area contributed by atoms with Gasteiger partial charge in [0.25, 0.3) is 5.89 Å². The summed E-state index contributed by atoms with van der Waals surface area (Å²) in [6.45, 7) is 0.365. The summed E-state index contributed by atoms with van der Waals surface area (Å²) in [4.78, 5) is 4.42. The predicted molar refractivity (Wildman–Crippen MR) is 78.9 cm³/mol. The minimum atomic E-state index is -0.369. The summed E-state index contributed by atoms with van der Waals surface area (Å²) in [5.74, 6) is 2.52. The second-order valence-electron chi connectivity index (χ2n) is 5.08. The van der Waals surface area contributed by atoms with Gasteiger partial charge in [-0.1, -0.05) is 47.6 Å². The standard InChI is InChI=1S/C17H14N2O3/c1-2-6-12(7-3-1)10-16-18-17(22-19-16)15-11-20-13-8-4-5-9-14(13)21-15/h1-9,15H,10-11H2. The van der Waals surface area contributed by atoms with Crippen LogP contribution in [0.15, 0.2) is 59.1 Å². The zero-order valence-electron chi connectivity index (χ0n) is 11.8. The molecule has 1 atom stereocenters. The fourth-order valence-electron chi connectivity index (χ4n) is 2.39. The van der Waals surface area contributed by atoms with Gasteiger partial charge in [0, 0.05) is 6.42 Å². The van der Waals surface area contributed by atoms with Crippen LogP contribution < -0.4 is 9.47 Å². The third kappa shape index (κ3) is 2.53. The highest BCUT2D eigenvalue weighted by Gasteiger charge is 2.27. The molecule has 1 aliphatic heterocycles. The highest BCUT2D eigenvalue weighted by Crippen LogP contribution is 2.35. The van der Waals surface area contributed by atoms with Crippen LogP contribution in [0.4, 0.5) is 0 Å². The number of fused-ring (bicyclic) bond motifs is 1. The normalized spacial score (nSPS) is 16.5. The summed E-state index contributed by atoms with van der Waals surface area (Å²) in [5.41, 5.74) is 1.14. The van der Waals surface area contributed by atoms with Crippen molar-refractivity contribution in [2.24, 2.45) is 0 Å². The molecule has 0 aliphatic carbocycles. The average molecular weight is 294 g/mol. The van der Waals surface area contributed by atoms with Crippen molar-refractivity contribution in [3.05, 3.63) is 71.9 Å². The van der Waals surface area contributed by atoms with Crippen molar-refractivity contribution in [3.8, 4) is 11.5 Å². The van der Waals surface area contributed by atoms with Crippen LogP contribution in [0.5, 0.6) is 11.5 Å². The van der Waals surface area contributed by atoms with Crippen LogP contribution in [-0.2, 0) is 6.42 Å². The first-order chi connectivity index (χ1) is 10.9. The summed E-state index contributed by atoms with van der Waals surface area (Å²) in [6, 6.07) is 17.6. The zero-order chi connectivity index (χ0) is 14.8. The Hall–Kier alpha value is -2.82. The van der Waals surface area contributed by atoms with Crippen molar-refractivity contribution < 1.29 is 14.0 Å². The van der Waals surface area contributed by atoms with E-state index in [4.69, 9.17) is 14.0 Å². The Morgan fingerprint density at radius 1 is 0.955 bits per heavy atom. The molecule has 0 fully saturated rings. The van der Waals surface area contributed by atoms with Gasteiger partial charge in [-0.3, -0.25) is 0 Å². The molecule has 1 aromatic heterocycles. The van der Waals surface area contributed by atoms with Gasteiger partial charge in [0.05, 0.1) is 0 Å². The molecule has 0 saturated carbocycles. The molecule has 5 nitrogen and oxygen atoms in total. The number of benzene rings is 2. The molecule has 2 heterocycles. The Labute approximate surface area is 127 Å². The average Bonchev–Trinajstić information content (AvgIpc) is 3.04. The molecule has 0 bridgehead atoms. The van der Waals surface area contributed by atoms with Crippen LogP contribution in [-0.4, -0.2) is 16.7 Å². The van der Waals surface area contributed by atoms with E-state index >= 15 is 0 Å². The Morgan fingerprint density at radius 2 is 1.73 bits per heavy atom. The molecule has 2 aromatic carbocycles. The van der Waals surface area contributed by atoms with Crippen molar-refractivity contribution in [1.29, 1.82) is 0 Å². The van der Waals surface area contributed by atoms with Crippen LogP contribution in [0.25, 0.3) is 0 Å². The summed E-state index contributed by atoms with van der Waals surface area (Å²) in [5, 5.41) is 4.02. The lowest BCUT2D eigenvalue weighted by Crippen LogP contribution is -2.21. The van der Waals surface area contributed by atoms with E-state index in [-0.39, 0.29) is 6.10 Å². The first kappa shape index (κ1) is 12.9. The van der Waals surface area contributed by atoms with E-state index in [0.29, 0.717) is 30.5 Å². The monoisotopic (exact) mass is 294 g/mol. The number of ether oxygens (including phenoxy) is 2. The molecule has 0 spiro atoms. The minimum Gasteiger partial charge on any atom is -0.485 e. The van der Waals surface area contributed by atoms with E-state index in [1.54, 1.807) is 0 Å². The first-order valence-electron chi connectivity index (χ1n) is 7.13. The quantitative estimate of drug-likeness (QED) is 0.742. The maximum absolute atomic E-state index is 5.86. The smallest absolute Gasteiger partial charge is 0.271 e. The molecule has 5 heteroatoms. The molecule has 0 amide bonds. The van der Waals surface area contributed by atoms with Gasteiger partial charge in [-0.2, -0.15) is 4.98 Å². The number of hydrogen-bond acceptors (Lipinski definition) is 5. The van der Waals surface area contributed by atoms with Gasteiger partial charge in [-0.25, -0.2) is 0 Å². The Morgan fingerprint density at radius 3 is 2.59 bits per heavy atom. The number of para-hydroxylation sites is 2. The van der Waals surface area contributed by atoms with Gasteiger partial charge >= 0.3 is 0 Å². The fourth-order valence-corrected chi connectivity index (χ4v) is 2.39. The molecular formula is C17H14N2O3. The molecular weight excluding hydrogens is 280 g/mol. The molecule has 110 valence electrons. The van der Waals surface area contributed by atoms with E-state index in [0.717, 1.165) is 11.3 Å². The largest absolute Gasteiger partial charge is 0.485 e. The van der Waals surface area contributed by atoms with Crippen molar-refractivity contribution in [3.63, 3.8) is 0 Å². The van der Waals surface area contributed by atoms with Crippen LogP contribution in [0.3, 0.4) is 0 Å². The first-order valence-corrected chi connectivity index (χ1v) is 7.13. The lowest BCUT2D eigenvalue weighted by Gasteiger charge is -2.23. The van der Waals surface area contributed by atoms with Gasteiger partial charge in [0.2, 0.25) is 6.10 Å². The highest BCUT2D eigenvalue weighted by molar-refractivity contribution is 5.40. The predicted octanol–water partition coefficient (Wildman–Crippen LogP) is 3.17. The highest BCUT2D eigenvalue weighted by atomic mass is 16.6. The Kier molecular flexibility index (Phi) is 3.23. The molecule has 0 radical (unpaired) electrons. The molecule has 1 aliphatic rings. The summed E-state index contributed by atoms with van der Waals surface area (Å²) < 4.78 is 16.9. The van der Waals surface area contributed by atoms with E-state index in [1.807, 2.05) is 54.6 Å². The fraction of sp³-hybridized carbons (Fsp3) is 0.176. The van der Waals surface area contributed by atoms with Gasteiger partial charge in [0.1, 0.15) is 6.61 Å². The van der Waals surface area contributed by atoms with Crippen molar-refractivity contribution in [1.82, 2.24) is 10.1 Å². The van der Waals surface area contributed by atoms with Crippen molar-refractivity contribution >= 4 is 0 Å². The van der Waals surface area contributed by atoms with Crippen LogP contribution in [0, 0.1) is 0 Å². The lowest BCUT2D eigenvalue weighted by atomic mass is 10.1. The Bertz CT molecular complexity index is 770. The molecule has 1 unspecified atom stereocenters. The van der Waals surface area contributed by atoms with E-state index in [9.17, 15) is 0 Å². The number of rotatable bonds is 3. The van der Waals surface area contributed by atoms with E-state index in [1.165, 1.54) is 0 Å². The third-order valence-corrected chi connectivity index (χ3v) is 3.47. The number of hydrogen-bond donors (Lipinski definition) is 0. The maximum Gasteiger partial charge on any atom is 0.271 e. The summed E-state index contributed by atoms with van der Waals surface area (Å²) in [6.07, 6.45) is 0.265. The summed E-state index contributed by atoms with van der Waals surface area (Å²) >= 11 is 0. The number of aromatic nitrogens is 2. The lowest BCUT2D eigenvalue weighted by molar-refractivity contribution is 0.0665. The van der Waals surface area contributed by atoms with Gasteiger partial charge in [0.15, 0.2) is 17.3 Å². The SMILES string of the molecule is c1ccc(Cc2noc(C3COc4ccccc4O3)n2)cc1. The third-order valence-electron chi connectivity index (χ3n) is 3.47. The second kappa shape index (κ2) is 5.52. The van der Waals surface area contributed by atoms with Crippen molar-refractivity contribution in [2.75, 3.05) is 6.61 Å². The Balaban J connectivity index is 1.51. The van der Waals surface area contributed by atoms with Crippen LogP contribution in [0.1, 0.15) is 23.4 Å². The molecule has 0 N–H and O–H groups in total. The summed E-state index contributed by atoms with van der Waals surface area (Å²) in [7, 11) is 0. The zero-order valence-corrected chi connectivity index (χ0v) is 11.8. The van der Waals surface area contributed by atoms with Gasteiger partial charge in [-0.05, 0) is 17.7 Å². The van der Waals surface area contributed by atoms with E-state index in [2.05, 4.69) is 10.1 Å².